The summed E-state index contributed by atoms with van der Waals surface area (Å²) in [4.78, 5) is 12.6. The number of carbonyl (C=O) groups is 1. The maximum atomic E-state index is 12.6. The van der Waals surface area contributed by atoms with Crippen molar-refractivity contribution in [1.29, 1.82) is 0 Å². The molecule has 1 aliphatic rings. The molecule has 2 aromatic carbocycles. The van der Waals surface area contributed by atoms with Gasteiger partial charge in [0, 0.05) is 0 Å². The maximum absolute atomic E-state index is 12.6. The predicted octanol–water partition coefficient (Wildman–Crippen LogP) is 10.2. The molecule has 1 unspecified atom stereocenters. The van der Waals surface area contributed by atoms with Crippen molar-refractivity contribution in [2.45, 2.75) is 123 Å². The molecule has 4 nitrogen and oxygen atoms in total. The Bertz CT molecular complexity index is 913. The minimum Gasteiger partial charge on any atom is -0.494 e. The van der Waals surface area contributed by atoms with E-state index in [-0.39, 0.29) is 12.1 Å². The minimum absolute atomic E-state index is 0.167. The van der Waals surface area contributed by atoms with Gasteiger partial charge < -0.3 is 14.2 Å². The van der Waals surface area contributed by atoms with E-state index >= 15 is 0 Å². The molecule has 2 aromatic rings. The Morgan fingerprint density at radius 2 is 1.28 bits per heavy atom. The van der Waals surface area contributed by atoms with Crippen LogP contribution in [-0.2, 0) is 0 Å². The van der Waals surface area contributed by atoms with Crippen LogP contribution in [0.5, 0.6) is 17.2 Å². The topological polar surface area (TPSA) is 44.8 Å². The second kappa shape index (κ2) is 18.0. The van der Waals surface area contributed by atoms with Crippen LogP contribution >= 0.6 is 0 Å². The smallest absolute Gasteiger partial charge is 0.343 e. The molecule has 1 fully saturated rings. The second-order valence-electron chi connectivity index (χ2n) is 11.5. The van der Waals surface area contributed by atoms with Crippen molar-refractivity contribution in [2.24, 2.45) is 11.8 Å². The zero-order chi connectivity index (χ0) is 27.7. The lowest BCUT2D eigenvalue weighted by atomic mass is 9.78. The third kappa shape index (κ3) is 12.1. The summed E-state index contributed by atoms with van der Waals surface area (Å²) >= 11 is 0. The summed E-state index contributed by atoms with van der Waals surface area (Å²) in [6.07, 6.45) is 19.7. The lowest BCUT2D eigenvalue weighted by Crippen LogP contribution is -2.15. The first-order valence-electron chi connectivity index (χ1n) is 15.8. The molecule has 1 atom stereocenters. The second-order valence-corrected chi connectivity index (χ2v) is 11.5. The van der Waals surface area contributed by atoms with Gasteiger partial charge in [-0.05, 0) is 93.0 Å². The van der Waals surface area contributed by atoms with Crippen molar-refractivity contribution in [1.82, 2.24) is 0 Å². The molecule has 0 bridgehead atoms. The highest BCUT2D eigenvalue weighted by Gasteiger charge is 2.20. The number of unbranched alkanes of at least 4 members (excludes halogenated alkanes) is 5. The molecular weight excluding hydrogens is 484 g/mol. The van der Waals surface area contributed by atoms with Crippen LogP contribution in [0.1, 0.15) is 127 Å². The molecule has 0 saturated heterocycles. The highest BCUT2D eigenvalue weighted by molar-refractivity contribution is 5.91. The fourth-order valence-electron chi connectivity index (χ4n) is 5.64. The van der Waals surface area contributed by atoms with Crippen LogP contribution in [0, 0.1) is 11.8 Å². The molecule has 1 saturated carbocycles. The molecule has 0 radical (unpaired) electrons. The summed E-state index contributed by atoms with van der Waals surface area (Å²) in [6, 6.07) is 14.6. The van der Waals surface area contributed by atoms with Gasteiger partial charge >= 0.3 is 5.97 Å². The average Bonchev–Trinajstić information content (AvgIpc) is 2.95. The summed E-state index contributed by atoms with van der Waals surface area (Å²) in [5.74, 6) is 3.60. The average molecular weight is 537 g/mol. The zero-order valence-electron chi connectivity index (χ0n) is 24.8. The number of hydrogen-bond donors (Lipinski definition) is 0. The van der Waals surface area contributed by atoms with Gasteiger partial charge in [-0.3, -0.25) is 0 Å². The van der Waals surface area contributed by atoms with Gasteiger partial charge in [-0.25, -0.2) is 4.79 Å². The zero-order valence-corrected chi connectivity index (χ0v) is 24.8. The molecule has 0 N–H and O–H groups in total. The number of esters is 1. The third-order valence-electron chi connectivity index (χ3n) is 8.13. The fraction of sp³-hybridized carbons (Fsp3) is 0.629. The van der Waals surface area contributed by atoms with Gasteiger partial charge in [-0.2, -0.15) is 0 Å². The maximum Gasteiger partial charge on any atom is 0.343 e. The van der Waals surface area contributed by atoms with Crippen molar-refractivity contribution in [3.63, 3.8) is 0 Å². The van der Waals surface area contributed by atoms with Crippen LogP contribution in [0.15, 0.2) is 48.5 Å². The minimum atomic E-state index is -0.372. The van der Waals surface area contributed by atoms with Crippen LogP contribution in [0.2, 0.25) is 0 Å². The van der Waals surface area contributed by atoms with E-state index in [0.717, 1.165) is 42.8 Å². The molecule has 216 valence electrons. The molecule has 39 heavy (non-hydrogen) atoms. The van der Waals surface area contributed by atoms with Gasteiger partial charge in [0.25, 0.3) is 0 Å². The Labute approximate surface area is 237 Å². The lowest BCUT2D eigenvalue weighted by Gasteiger charge is -2.28. The summed E-state index contributed by atoms with van der Waals surface area (Å²) in [5, 5.41) is 0. The molecule has 3 rings (SSSR count). The van der Waals surface area contributed by atoms with Gasteiger partial charge in [0.2, 0.25) is 0 Å². The molecular formula is C35H52O4. The molecule has 1 aliphatic carbocycles. The quantitative estimate of drug-likeness (QED) is 0.108. The van der Waals surface area contributed by atoms with Gasteiger partial charge in [-0.1, -0.05) is 84.5 Å². The van der Waals surface area contributed by atoms with E-state index in [9.17, 15) is 4.79 Å². The van der Waals surface area contributed by atoms with Crippen molar-refractivity contribution in [2.75, 3.05) is 6.61 Å². The monoisotopic (exact) mass is 536 g/mol. The Hall–Kier alpha value is -2.49. The summed E-state index contributed by atoms with van der Waals surface area (Å²) in [6.45, 7) is 7.35. The van der Waals surface area contributed by atoms with Gasteiger partial charge in [0.1, 0.15) is 17.2 Å². The van der Waals surface area contributed by atoms with Crippen LogP contribution in [0.3, 0.4) is 0 Å². The van der Waals surface area contributed by atoms with E-state index in [0.29, 0.717) is 11.3 Å². The predicted molar refractivity (Wildman–Crippen MR) is 161 cm³/mol. The van der Waals surface area contributed by atoms with Gasteiger partial charge in [0.05, 0.1) is 18.3 Å². The first-order valence-corrected chi connectivity index (χ1v) is 15.8. The van der Waals surface area contributed by atoms with Crippen LogP contribution in [0.25, 0.3) is 0 Å². The standard InChI is InChI=1S/C35H52O4/c1-4-6-8-10-12-28(3)38-33-21-19-31(20-22-33)35(36)39-34-25-23-32(24-26-34)37-27-11-14-30-17-15-29(16-18-30)13-9-7-5-2/h19-26,28-30H,4-18,27H2,1-3H3. The van der Waals surface area contributed by atoms with Crippen molar-refractivity contribution >= 4 is 5.97 Å². The Kier molecular flexibility index (Phi) is 14.3. The third-order valence-corrected chi connectivity index (χ3v) is 8.13. The summed E-state index contributed by atoms with van der Waals surface area (Å²) < 4.78 is 17.5. The van der Waals surface area contributed by atoms with Gasteiger partial charge in [-0.15, -0.1) is 0 Å². The fourth-order valence-corrected chi connectivity index (χ4v) is 5.64. The molecule has 0 spiro atoms. The van der Waals surface area contributed by atoms with E-state index in [2.05, 4.69) is 20.8 Å². The molecule has 0 aliphatic heterocycles. The number of hydrogen-bond acceptors (Lipinski definition) is 4. The largest absolute Gasteiger partial charge is 0.494 e. The van der Waals surface area contributed by atoms with E-state index in [1.165, 1.54) is 83.5 Å². The van der Waals surface area contributed by atoms with E-state index in [1.807, 2.05) is 24.3 Å². The Morgan fingerprint density at radius 1 is 0.718 bits per heavy atom. The molecule has 0 heterocycles. The van der Waals surface area contributed by atoms with Crippen molar-refractivity contribution in [3.8, 4) is 17.2 Å². The first kappa shape index (κ1) is 31.0. The SMILES string of the molecule is CCCCCCC(C)Oc1ccc(C(=O)Oc2ccc(OCCCC3CCC(CCCCC)CC3)cc2)cc1. The van der Waals surface area contributed by atoms with Gasteiger partial charge in [0.15, 0.2) is 0 Å². The van der Waals surface area contributed by atoms with Crippen LogP contribution in [-0.4, -0.2) is 18.7 Å². The van der Waals surface area contributed by atoms with E-state index in [1.54, 1.807) is 24.3 Å². The van der Waals surface area contributed by atoms with E-state index < -0.39 is 0 Å². The lowest BCUT2D eigenvalue weighted by molar-refractivity contribution is 0.0734. The number of benzene rings is 2. The van der Waals surface area contributed by atoms with Crippen molar-refractivity contribution < 1.29 is 19.0 Å². The Balaban J connectivity index is 1.31. The summed E-state index contributed by atoms with van der Waals surface area (Å²) in [7, 11) is 0. The molecule has 0 aromatic heterocycles. The number of carbonyl (C=O) groups excluding carboxylic acids is 1. The van der Waals surface area contributed by atoms with Crippen molar-refractivity contribution in [3.05, 3.63) is 54.1 Å². The van der Waals surface area contributed by atoms with E-state index in [4.69, 9.17) is 14.2 Å². The number of rotatable bonds is 18. The Morgan fingerprint density at radius 3 is 1.92 bits per heavy atom. The van der Waals surface area contributed by atoms with Crippen LogP contribution in [0.4, 0.5) is 0 Å². The first-order chi connectivity index (χ1) is 19.1. The highest BCUT2D eigenvalue weighted by atomic mass is 16.5. The van der Waals surface area contributed by atoms with Crippen LogP contribution < -0.4 is 14.2 Å². The number of ether oxygens (including phenoxy) is 3. The summed E-state index contributed by atoms with van der Waals surface area (Å²) in [5.41, 5.74) is 0.508. The molecule has 0 amide bonds. The molecule has 4 heteroatoms. The normalized spacial score (nSPS) is 17.9. The highest BCUT2D eigenvalue weighted by Crippen LogP contribution is 2.34.